The van der Waals surface area contributed by atoms with Crippen LogP contribution in [0.2, 0.25) is 0 Å². The van der Waals surface area contributed by atoms with Crippen molar-refractivity contribution in [1.29, 1.82) is 0 Å². The van der Waals surface area contributed by atoms with Crippen LogP contribution in [0.1, 0.15) is 29.0 Å². The predicted molar refractivity (Wildman–Crippen MR) is 83.1 cm³/mol. The van der Waals surface area contributed by atoms with Crippen LogP contribution in [0.3, 0.4) is 0 Å². The summed E-state index contributed by atoms with van der Waals surface area (Å²) in [6.07, 6.45) is 4.49. The van der Waals surface area contributed by atoms with E-state index in [0.29, 0.717) is 0 Å². The molecule has 1 saturated heterocycles. The molecule has 0 aromatic carbocycles. The van der Waals surface area contributed by atoms with E-state index in [-0.39, 0.29) is 0 Å². The second-order valence-electron chi connectivity index (χ2n) is 5.20. The number of nitrogens with one attached hydrogen (secondary N) is 1. The fourth-order valence-corrected chi connectivity index (χ4v) is 3.13. The summed E-state index contributed by atoms with van der Waals surface area (Å²) in [6, 6.07) is 4.30. The molecule has 0 saturated carbocycles. The van der Waals surface area contributed by atoms with Crippen molar-refractivity contribution < 1.29 is 0 Å². The first-order chi connectivity index (χ1) is 9.83. The molecule has 1 aliphatic heterocycles. The van der Waals surface area contributed by atoms with Crippen LogP contribution in [0.4, 0.5) is 5.82 Å². The number of anilines is 1. The first-order valence-corrected chi connectivity index (χ1v) is 8.00. The normalized spacial score (nSPS) is 14.9. The van der Waals surface area contributed by atoms with Gasteiger partial charge in [0.15, 0.2) is 0 Å². The van der Waals surface area contributed by atoms with Gasteiger partial charge in [0, 0.05) is 48.5 Å². The summed E-state index contributed by atoms with van der Waals surface area (Å²) >= 11 is 1.69. The number of thiazole rings is 1. The van der Waals surface area contributed by atoms with E-state index in [9.17, 15) is 0 Å². The van der Waals surface area contributed by atoms with E-state index in [1.807, 2.05) is 11.7 Å². The van der Waals surface area contributed by atoms with Crippen LogP contribution in [0.25, 0.3) is 0 Å². The zero-order valence-electron chi connectivity index (χ0n) is 11.8. The molecule has 3 heterocycles. The van der Waals surface area contributed by atoms with Gasteiger partial charge in [-0.3, -0.25) is 4.98 Å². The van der Waals surface area contributed by atoms with Gasteiger partial charge in [0.05, 0.1) is 5.51 Å². The SMILES string of the molecule is Cc1ccc(CNCc2cncs2)c(N2CCCC2)n1. The lowest BCUT2D eigenvalue weighted by Gasteiger charge is -2.20. The summed E-state index contributed by atoms with van der Waals surface area (Å²) < 4.78 is 0. The Morgan fingerprint density at radius 2 is 2.10 bits per heavy atom. The van der Waals surface area contributed by atoms with Crippen molar-refractivity contribution in [3.63, 3.8) is 0 Å². The lowest BCUT2D eigenvalue weighted by Crippen LogP contribution is -2.23. The minimum absolute atomic E-state index is 0.858. The molecule has 0 amide bonds. The van der Waals surface area contributed by atoms with E-state index < -0.39 is 0 Å². The lowest BCUT2D eigenvalue weighted by molar-refractivity contribution is 0.694. The monoisotopic (exact) mass is 288 g/mol. The number of hydrogen-bond donors (Lipinski definition) is 1. The third-order valence-corrected chi connectivity index (χ3v) is 4.38. The zero-order valence-corrected chi connectivity index (χ0v) is 12.6. The average molecular weight is 288 g/mol. The van der Waals surface area contributed by atoms with Gasteiger partial charge < -0.3 is 10.2 Å². The van der Waals surface area contributed by atoms with Crippen molar-refractivity contribution in [3.05, 3.63) is 40.0 Å². The predicted octanol–water partition coefficient (Wildman–Crippen LogP) is 2.74. The van der Waals surface area contributed by atoms with Crippen LogP contribution in [0.5, 0.6) is 0 Å². The highest BCUT2D eigenvalue weighted by molar-refractivity contribution is 7.09. The Bertz CT molecular complexity index is 547. The van der Waals surface area contributed by atoms with Crippen LogP contribution in [0.15, 0.2) is 23.8 Å². The van der Waals surface area contributed by atoms with Gasteiger partial charge in [0.2, 0.25) is 0 Å². The third kappa shape index (κ3) is 3.16. The van der Waals surface area contributed by atoms with Crippen molar-refractivity contribution in [1.82, 2.24) is 15.3 Å². The topological polar surface area (TPSA) is 41.1 Å². The molecule has 3 rings (SSSR count). The standard InChI is InChI=1S/C15H20N4S/c1-12-4-5-13(8-16-9-14-10-17-11-20-14)15(18-12)19-6-2-3-7-19/h4-5,10-11,16H,2-3,6-9H2,1H3. The molecule has 0 radical (unpaired) electrons. The molecule has 2 aromatic heterocycles. The molecule has 0 atom stereocenters. The highest BCUT2D eigenvalue weighted by atomic mass is 32.1. The van der Waals surface area contributed by atoms with Gasteiger partial charge in [-0.2, -0.15) is 0 Å². The maximum Gasteiger partial charge on any atom is 0.133 e. The van der Waals surface area contributed by atoms with Crippen molar-refractivity contribution in [2.75, 3.05) is 18.0 Å². The quantitative estimate of drug-likeness (QED) is 0.918. The van der Waals surface area contributed by atoms with Crippen LogP contribution in [-0.2, 0) is 13.1 Å². The fraction of sp³-hybridized carbons (Fsp3) is 0.467. The molecule has 1 N–H and O–H groups in total. The minimum Gasteiger partial charge on any atom is -0.356 e. The van der Waals surface area contributed by atoms with E-state index in [4.69, 9.17) is 4.98 Å². The van der Waals surface area contributed by atoms with Gasteiger partial charge >= 0.3 is 0 Å². The van der Waals surface area contributed by atoms with Gasteiger partial charge in [0.25, 0.3) is 0 Å². The van der Waals surface area contributed by atoms with Crippen molar-refractivity contribution in [2.45, 2.75) is 32.9 Å². The summed E-state index contributed by atoms with van der Waals surface area (Å²) in [5.41, 5.74) is 4.26. The molecule has 4 nitrogen and oxygen atoms in total. The van der Waals surface area contributed by atoms with E-state index >= 15 is 0 Å². The van der Waals surface area contributed by atoms with Gasteiger partial charge in [-0.25, -0.2) is 4.98 Å². The molecule has 1 aliphatic rings. The van der Waals surface area contributed by atoms with Gasteiger partial charge in [-0.1, -0.05) is 6.07 Å². The third-order valence-electron chi connectivity index (χ3n) is 3.60. The first-order valence-electron chi connectivity index (χ1n) is 7.12. The fourth-order valence-electron chi connectivity index (χ4n) is 2.56. The van der Waals surface area contributed by atoms with Crippen LogP contribution < -0.4 is 10.2 Å². The van der Waals surface area contributed by atoms with E-state index in [0.717, 1.165) is 31.9 Å². The Labute approximate surface area is 123 Å². The summed E-state index contributed by atoms with van der Waals surface area (Å²) in [6.45, 7) is 6.07. The highest BCUT2D eigenvalue weighted by Gasteiger charge is 2.17. The Morgan fingerprint density at radius 1 is 1.25 bits per heavy atom. The molecule has 0 unspecified atom stereocenters. The van der Waals surface area contributed by atoms with Crippen molar-refractivity contribution in [3.8, 4) is 0 Å². The lowest BCUT2D eigenvalue weighted by atomic mass is 10.2. The number of pyridine rings is 1. The van der Waals surface area contributed by atoms with Gasteiger partial charge in [-0.05, 0) is 25.8 Å². The number of aryl methyl sites for hydroxylation is 1. The van der Waals surface area contributed by atoms with Crippen molar-refractivity contribution >= 4 is 17.2 Å². The zero-order chi connectivity index (χ0) is 13.8. The van der Waals surface area contributed by atoms with Crippen LogP contribution in [-0.4, -0.2) is 23.1 Å². The number of rotatable bonds is 5. The van der Waals surface area contributed by atoms with Crippen LogP contribution >= 0.6 is 11.3 Å². The number of hydrogen-bond acceptors (Lipinski definition) is 5. The molecule has 5 heteroatoms. The molecule has 0 spiro atoms. The second kappa shape index (κ2) is 6.33. The Morgan fingerprint density at radius 3 is 2.85 bits per heavy atom. The Kier molecular flexibility index (Phi) is 4.28. The number of aromatic nitrogens is 2. The molecule has 1 fully saturated rings. The minimum atomic E-state index is 0.858. The maximum absolute atomic E-state index is 4.75. The molecular weight excluding hydrogens is 268 g/mol. The first kappa shape index (κ1) is 13.5. The Balaban J connectivity index is 1.68. The smallest absolute Gasteiger partial charge is 0.133 e. The van der Waals surface area contributed by atoms with Gasteiger partial charge in [-0.15, -0.1) is 11.3 Å². The summed E-state index contributed by atoms with van der Waals surface area (Å²) in [5.74, 6) is 1.17. The number of nitrogens with zero attached hydrogens (tertiary/aromatic N) is 3. The highest BCUT2D eigenvalue weighted by Crippen LogP contribution is 2.23. The summed E-state index contributed by atoms with van der Waals surface area (Å²) in [4.78, 5) is 12.5. The van der Waals surface area contributed by atoms with Crippen molar-refractivity contribution in [2.24, 2.45) is 0 Å². The molecule has 20 heavy (non-hydrogen) atoms. The molecule has 106 valence electrons. The average Bonchev–Trinajstić information content (AvgIpc) is 3.12. The summed E-state index contributed by atoms with van der Waals surface area (Å²) in [5, 5.41) is 3.49. The molecule has 2 aromatic rings. The largest absolute Gasteiger partial charge is 0.356 e. The van der Waals surface area contributed by atoms with E-state index in [1.54, 1.807) is 11.3 Å². The van der Waals surface area contributed by atoms with E-state index in [1.165, 1.54) is 29.1 Å². The van der Waals surface area contributed by atoms with Crippen LogP contribution in [0, 0.1) is 6.92 Å². The van der Waals surface area contributed by atoms with E-state index in [2.05, 4.69) is 34.3 Å². The Hall–Kier alpha value is -1.46. The molecule has 0 bridgehead atoms. The second-order valence-corrected chi connectivity index (χ2v) is 6.17. The molecule has 0 aliphatic carbocycles. The maximum atomic E-state index is 4.75. The molecular formula is C15H20N4S. The van der Waals surface area contributed by atoms with Gasteiger partial charge in [0.1, 0.15) is 5.82 Å². The summed E-state index contributed by atoms with van der Waals surface area (Å²) in [7, 11) is 0.